The zero-order valence-electron chi connectivity index (χ0n) is 11.6. The van der Waals surface area contributed by atoms with Crippen LogP contribution in [-0.2, 0) is 9.47 Å². The largest absolute Gasteiger partial charge is 0.394 e. The van der Waals surface area contributed by atoms with Crippen LogP contribution in [0.5, 0.6) is 0 Å². The first kappa shape index (κ1) is 16.9. The van der Waals surface area contributed by atoms with Crippen LogP contribution in [0, 0.1) is 5.92 Å². The lowest BCUT2D eigenvalue weighted by molar-refractivity contribution is 0.0320. The monoisotopic (exact) mass is 246 g/mol. The van der Waals surface area contributed by atoms with Crippen LogP contribution in [0.1, 0.15) is 52.4 Å². The highest BCUT2D eigenvalue weighted by Gasteiger charge is 1.98. The summed E-state index contributed by atoms with van der Waals surface area (Å²) in [5, 5.41) is 8.48. The van der Waals surface area contributed by atoms with Gasteiger partial charge in [-0.05, 0) is 12.3 Å². The molecule has 0 saturated carbocycles. The fourth-order valence-electron chi connectivity index (χ4n) is 1.64. The predicted molar refractivity (Wildman–Crippen MR) is 71.3 cm³/mol. The van der Waals surface area contributed by atoms with Gasteiger partial charge in [-0.2, -0.15) is 0 Å². The Hall–Kier alpha value is -0.120. The van der Waals surface area contributed by atoms with Gasteiger partial charge in [0.15, 0.2) is 0 Å². The van der Waals surface area contributed by atoms with E-state index in [-0.39, 0.29) is 6.61 Å². The van der Waals surface area contributed by atoms with Gasteiger partial charge in [-0.3, -0.25) is 0 Å². The third-order valence-corrected chi connectivity index (χ3v) is 3.04. The molecule has 0 aliphatic carbocycles. The molecule has 0 rings (SSSR count). The Kier molecular flexibility index (Phi) is 13.8. The lowest BCUT2D eigenvalue weighted by Gasteiger charge is -2.07. The molecule has 0 bridgehead atoms. The number of ether oxygens (including phenoxy) is 2. The second-order valence-corrected chi connectivity index (χ2v) is 4.66. The first-order chi connectivity index (χ1) is 8.31. The van der Waals surface area contributed by atoms with E-state index in [2.05, 4.69) is 13.8 Å². The first-order valence-corrected chi connectivity index (χ1v) is 7.07. The van der Waals surface area contributed by atoms with Gasteiger partial charge in [0.1, 0.15) is 0 Å². The summed E-state index contributed by atoms with van der Waals surface area (Å²) in [6.07, 6.45) is 7.78. The maximum Gasteiger partial charge on any atom is 0.0701 e. The Morgan fingerprint density at radius 2 is 1.53 bits per heavy atom. The second-order valence-electron chi connectivity index (χ2n) is 4.66. The minimum atomic E-state index is 0.0934. The molecule has 0 fully saturated rings. The molecular formula is C14H30O3. The lowest BCUT2D eigenvalue weighted by Crippen LogP contribution is -2.07. The van der Waals surface area contributed by atoms with E-state index in [1.807, 2.05) is 0 Å². The molecule has 0 aliphatic rings. The third kappa shape index (κ3) is 13.8. The highest BCUT2D eigenvalue weighted by Crippen LogP contribution is 2.12. The van der Waals surface area contributed by atoms with Gasteiger partial charge in [-0.1, -0.05) is 46.0 Å². The van der Waals surface area contributed by atoms with Crippen molar-refractivity contribution in [2.45, 2.75) is 52.4 Å². The van der Waals surface area contributed by atoms with Crippen LogP contribution in [0.3, 0.4) is 0 Å². The zero-order valence-corrected chi connectivity index (χ0v) is 11.6. The van der Waals surface area contributed by atoms with Gasteiger partial charge in [-0.15, -0.1) is 0 Å². The number of aliphatic hydroxyl groups is 1. The number of unbranched alkanes of at least 4 members (excludes halogenated alkanes) is 3. The van der Waals surface area contributed by atoms with E-state index in [4.69, 9.17) is 14.6 Å². The van der Waals surface area contributed by atoms with Crippen LogP contribution in [0.25, 0.3) is 0 Å². The van der Waals surface area contributed by atoms with E-state index in [0.717, 1.165) is 18.9 Å². The molecule has 0 aromatic rings. The Labute approximate surface area is 107 Å². The summed E-state index contributed by atoms with van der Waals surface area (Å²) in [7, 11) is 0. The molecule has 1 atom stereocenters. The van der Waals surface area contributed by atoms with Crippen LogP contribution in [0.15, 0.2) is 0 Å². The highest BCUT2D eigenvalue weighted by atomic mass is 16.5. The Bertz CT molecular complexity index is 139. The maximum absolute atomic E-state index is 8.48. The Morgan fingerprint density at radius 3 is 2.18 bits per heavy atom. The molecule has 1 unspecified atom stereocenters. The van der Waals surface area contributed by atoms with Gasteiger partial charge >= 0.3 is 0 Å². The molecule has 0 radical (unpaired) electrons. The molecule has 3 nitrogen and oxygen atoms in total. The first-order valence-electron chi connectivity index (χ1n) is 7.07. The molecule has 104 valence electrons. The van der Waals surface area contributed by atoms with Gasteiger partial charge < -0.3 is 14.6 Å². The van der Waals surface area contributed by atoms with E-state index >= 15 is 0 Å². The Morgan fingerprint density at radius 1 is 0.882 bits per heavy atom. The average molecular weight is 246 g/mol. The summed E-state index contributed by atoms with van der Waals surface area (Å²) in [6, 6.07) is 0. The van der Waals surface area contributed by atoms with Crippen LogP contribution >= 0.6 is 0 Å². The van der Waals surface area contributed by atoms with Gasteiger partial charge in [0.2, 0.25) is 0 Å². The molecule has 0 amide bonds. The standard InChI is InChI=1S/C14H30O3/c1-3-14(2)8-6-4-5-7-10-16-12-13-17-11-9-15/h14-15H,3-13H2,1-2H3. The quantitative estimate of drug-likeness (QED) is 0.508. The van der Waals surface area contributed by atoms with Crippen LogP contribution in [0.4, 0.5) is 0 Å². The van der Waals surface area contributed by atoms with Crippen molar-refractivity contribution in [2.75, 3.05) is 33.0 Å². The summed E-state index contributed by atoms with van der Waals surface area (Å²) in [6.45, 7) is 7.18. The predicted octanol–water partition coefficient (Wildman–Crippen LogP) is 3.01. The molecule has 3 heteroatoms. The van der Waals surface area contributed by atoms with E-state index < -0.39 is 0 Å². The summed E-state index contributed by atoms with van der Waals surface area (Å²) in [5.41, 5.74) is 0. The van der Waals surface area contributed by atoms with Crippen molar-refractivity contribution in [3.05, 3.63) is 0 Å². The molecule has 0 heterocycles. The molecule has 0 aromatic heterocycles. The van der Waals surface area contributed by atoms with Crippen molar-refractivity contribution in [3.63, 3.8) is 0 Å². The average Bonchev–Trinajstić information content (AvgIpc) is 2.35. The van der Waals surface area contributed by atoms with Gasteiger partial charge in [0, 0.05) is 6.61 Å². The van der Waals surface area contributed by atoms with Crippen molar-refractivity contribution >= 4 is 0 Å². The van der Waals surface area contributed by atoms with Gasteiger partial charge in [-0.25, -0.2) is 0 Å². The molecule has 0 saturated heterocycles. The number of hydrogen-bond acceptors (Lipinski definition) is 3. The van der Waals surface area contributed by atoms with E-state index in [1.165, 1.54) is 32.1 Å². The zero-order chi connectivity index (χ0) is 12.8. The molecule has 0 aliphatic heterocycles. The summed E-state index contributed by atoms with van der Waals surface area (Å²) in [4.78, 5) is 0. The highest BCUT2D eigenvalue weighted by molar-refractivity contribution is 4.51. The van der Waals surface area contributed by atoms with Crippen molar-refractivity contribution in [2.24, 2.45) is 5.92 Å². The van der Waals surface area contributed by atoms with Crippen LogP contribution < -0.4 is 0 Å². The minimum absolute atomic E-state index is 0.0934. The minimum Gasteiger partial charge on any atom is -0.394 e. The number of rotatable bonds is 13. The molecule has 0 aromatic carbocycles. The van der Waals surface area contributed by atoms with E-state index in [1.54, 1.807) is 0 Å². The lowest BCUT2D eigenvalue weighted by atomic mass is 10.0. The van der Waals surface area contributed by atoms with Crippen LogP contribution in [-0.4, -0.2) is 38.1 Å². The normalized spacial score (nSPS) is 12.9. The SMILES string of the molecule is CCC(C)CCCCCCOCCOCCO. The Balaban J connectivity index is 2.94. The van der Waals surface area contributed by atoms with Crippen LogP contribution in [0.2, 0.25) is 0 Å². The maximum atomic E-state index is 8.48. The summed E-state index contributed by atoms with van der Waals surface area (Å²) >= 11 is 0. The fraction of sp³-hybridized carbons (Fsp3) is 1.00. The summed E-state index contributed by atoms with van der Waals surface area (Å²) < 4.78 is 10.5. The van der Waals surface area contributed by atoms with Gasteiger partial charge in [0.25, 0.3) is 0 Å². The summed E-state index contributed by atoms with van der Waals surface area (Å²) in [5.74, 6) is 0.884. The van der Waals surface area contributed by atoms with Crippen molar-refractivity contribution in [1.82, 2.24) is 0 Å². The molecular weight excluding hydrogens is 216 g/mol. The molecule has 0 spiro atoms. The molecule has 1 N–H and O–H groups in total. The van der Waals surface area contributed by atoms with Crippen molar-refractivity contribution < 1.29 is 14.6 Å². The number of aliphatic hydroxyl groups excluding tert-OH is 1. The fourth-order valence-corrected chi connectivity index (χ4v) is 1.64. The third-order valence-electron chi connectivity index (χ3n) is 3.04. The smallest absolute Gasteiger partial charge is 0.0701 e. The van der Waals surface area contributed by atoms with E-state index in [9.17, 15) is 0 Å². The number of hydrogen-bond donors (Lipinski definition) is 1. The topological polar surface area (TPSA) is 38.7 Å². The van der Waals surface area contributed by atoms with Gasteiger partial charge in [0.05, 0.1) is 26.4 Å². The van der Waals surface area contributed by atoms with Crippen molar-refractivity contribution in [3.8, 4) is 0 Å². The second kappa shape index (κ2) is 13.9. The molecule has 17 heavy (non-hydrogen) atoms. The van der Waals surface area contributed by atoms with Crippen molar-refractivity contribution in [1.29, 1.82) is 0 Å². The van der Waals surface area contributed by atoms with E-state index in [0.29, 0.717) is 19.8 Å².